The van der Waals surface area contributed by atoms with Gasteiger partial charge < -0.3 is 9.64 Å². The second kappa shape index (κ2) is 8.47. The van der Waals surface area contributed by atoms with Gasteiger partial charge in [-0.05, 0) is 55.8 Å². The van der Waals surface area contributed by atoms with Gasteiger partial charge in [-0.25, -0.2) is 9.67 Å². The number of ketones is 1. The SMILES string of the molecule is CC(=O)c1ccc(OCC(=O)N(C)[C@@H](C)c2ccc(-n3cncn3)cc2)cc1. The van der Waals surface area contributed by atoms with Gasteiger partial charge in [0.15, 0.2) is 12.4 Å². The number of carbonyl (C=O) groups is 2. The molecule has 0 aliphatic rings. The summed E-state index contributed by atoms with van der Waals surface area (Å²) in [4.78, 5) is 29.4. The maximum Gasteiger partial charge on any atom is 0.260 e. The zero-order chi connectivity index (χ0) is 20.1. The molecule has 3 rings (SSSR count). The van der Waals surface area contributed by atoms with Crippen LogP contribution < -0.4 is 4.74 Å². The fourth-order valence-corrected chi connectivity index (χ4v) is 2.72. The number of likely N-dealkylation sites (N-methyl/N-ethyl adjacent to an activating group) is 1. The summed E-state index contributed by atoms with van der Waals surface area (Å²) in [6.45, 7) is 3.40. The van der Waals surface area contributed by atoms with E-state index < -0.39 is 0 Å². The number of amides is 1. The lowest BCUT2D eigenvalue weighted by atomic mass is 10.1. The van der Waals surface area contributed by atoms with Gasteiger partial charge in [0.25, 0.3) is 5.91 Å². The summed E-state index contributed by atoms with van der Waals surface area (Å²) in [5.41, 5.74) is 2.52. The molecule has 28 heavy (non-hydrogen) atoms. The van der Waals surface area contributed by atoms with Gasteiger partial charge in [-0.1, -0.05) is 12.1 Å². The van der Waals surface area contributed by atoms with Crippen LogP contribution in [0.4, 0.5) is 0 Å². The average molecular weight is 378 g/mol. The van der Waals surface area contributed by atoms with E-state index in [9.17, 15) is 9.59 Å². The van der Waals surface area contributed by atoms with Crippen molar-refractivity contribution in [1.29, 1.82) is 0 Å². The first-order valence-corrected chi connectivity index (χ1v) is 8.90. The standard InChI is InChI=1S/C21H22N4O3/c1-15(17-4-8-19(9-5-17)25-14-22-13-23-25)24(3)21(27)12-28-20-10-6-18(7-11-20)16(2)26/h4-11,13-15H,12H2,1-3H3/t15-/m0/s1. The molecule has 2 aromatic carbocycles. The third-order valence-electron chi connectivity index (χ3n) is 4.66. The zero-order valence-corrected chi connectivity index (χ0v) is 16.1. The molecule has 0 N–H and O–H groups in total. The van der Waals surface area contributed by atoms with E-state index >= 15 is 0 Å². The molecule has 0 radical (unpaired) electrons. The number of nitrogens with zero attached hydrogens (tertiary/aromatic N) is 4. The Bertz CT molecular complexity index is 935. The highest BCUT2D eigenvalue weighted by Gasteiger charge is 2.18. The monoisotopic (exact) mass is 378 g/mol. The van der Waals surface area contributed by atoms with Crippen LogP contribution in [0.25, 0.3) is 5.69 Å². The number of carbonyl (C=O) groups excluding carboxylic acids is 2. The molecule has 1 aromatic heterocycles. The van der Waals surface area contributed by atoms with E-state index in [0.29, 0.717) is 11.3 Å². The van der Waals surface area contributed by atoms with E-state index in [0.717, 1.165) is 11.3 Å². The normalized spacial score (nSPS) is 11.7. The molecular formula is C21H22N4O3. The Morgan fingerprint density at radius 1 is 1.11 bits per heavy atom. The quantitative estimate of drug-likeness (QED) is 0.591. The first-order valence-electron chi connectivity index (χ1n) is 8.90. The molecule has 0 saturated heterocycles. The third-order valence-corrected chi connectivity index (χ3v) is 4.66. The molecule has 7 heteroatoms. The number of ether oxygens (including phenoxy) is 1. The van der Waals surface area contributed by atoms with Crippen molar-refractivity contribution in [2.24, 2.45) is 0 Å². The van der Waals surface area contributed by atoms with Gasteiger partial charge in [-0.2, -0.15) is 5.10 Å². The average Bonchev–Trinajstić information content (AvgIpc) is 3.26. The lowest BCUT2D eigenvalue weighted by Gasteiger charge is -2.25. The van der Waals surface area contributed by atoms with Crippen LogP contribution in [0.2, 0.25) is 0 Å². The molecule has 3 aromatic rings. The van der Waals surface area contributed by atoms with Gasteiger partial charge in [0.1, 0.15) is 18.4 Å². The minimum atomic E-state index is -0.136. The summed E-state index contributed by atoms with van der Waals surface area (Å²) in [6, 6.07) is 14.4. The van der Waals surface area contributed by atoms with Crippen molar-refractivity contribution in [1.82, 2.24) is 19.7 Å². The van der Waals surface area contributed by atoms with Crippen LogP contribution in [0, 0.1) is 0 Å². The number of aromatic nitrogens is 3. The highest BCUT2D eigenvalue weighted by atomic mass is 16.5. The minimum Gasteiger partial charge on any atom is -0.484 e. The van der Waals surface area contributed by atoms with Crippen molar-refractivity contribution in [2.75, 3.05) is 13.7 Å². The van der Waals surface area contributed by atoms with Crippen molar-refractivity contribution >= 4 is 11.7 Å². The van der Waals surface area contributed by atoms with Crippen molar-refractivity contribution < 1.29 is 14.3 Å². The van der Waals surface area contributed by atoms with Gasteiger partial charge in [-0.15, -0.1) is 0 Å². The van der Waals surface area contributed by atoms with Crippen LogP contribution in [0.5, 0.6) is 5.75 Å². The lowest BCUT2D eigenvalue weighted by Crippen LogP contribution is -2.33. The number of benzene rings is 2. The van der Waals surface area contributed by atoms with E-state index in [1.165, 1.54) is 13.3 Å². The van der Waals surface area contributed by atoms with Crippen LogP contribution in [0.3, 0.4) is 0 Å². The van der Waals surface area contributed by atoms with Gasteiger partial charge in [-0.3, -0.25) is 9.59 Å². The van der Waals surface area contributed by atoms with Crippen molar-refractivity contribution in [3.63, 3.8) is 0 Å². The van der Waals surface area contributed by atoms with Crippen molar-refractivity contribution in [2.45, 2.75) is 19.9 Å². The zero-order valence-electron chi connectivity index (χ0n) is 16.1. The fraction of sp³-hybridized carbons (Fsp3) is 0.238. The molecule has 7 nitrogen and oxygen atoms in total. The number of hydrogen-bond acceptors (Lipinski definition) is 5. The summed E-state index contributed by atoms with van der Waals surface area (Å²) >= 11 is 0. The largest absolute Gasteiger partial charge is 0.484 e. The summed E-state index contributed by atoms with van der Waals surface area (Å²) in [5, 5.41) is 4.10. The molecule has 1 heterocycles. The first-order chi connectivity index (χ1) is 13.5. The Kier molecular flexibility index (Phi) is 5.84. The summed E-state index contributed by atoms with van der Waals surface area (Å²) in [5.74, 6) is 0.408. The summed E-state index contributed by atoms with van der Waals surface area (Å²) < 4.78 is 7.23. The highest BCUT2D eigenvalue weighted by Crippen LogP contribution is 2.21. The second-order valence-electron chi connectivity index (χ2n) is 6.48. The van der Waals surface area contributed by atoms with Crippen LogP contribution in [0.15, 0.2) is 61.2 Å². The molecule has 0 bridgehead atoms. The predicted octanol–water partition coefficient (Wildman–Crippen LogP) is 3.07. The summed E-state index contributed by atoms with van der Waals surface area (Å²) in [7, 11) is 1.75. The Morgan fingerprint density at radius 2 is 1.79 bits per heavy atom. The second-order valence-corrected chi connectivity index (χ2v) is 6.48. The van der Waals surface area contributed by atoms with E-state index in [1.807, 2.05) is 31.2 Å². The van der Waals surface area contributed by atoms with Gasteiger partial charge in [0.05, 0.1) is 11.7 Å². The molecule has 0 spiro atoms. The maximum atomic E-state index is 12.5. The molecule has 0 aliphatic carbocycles. The summed E-state index contributed by atoms with van der Waals surface area (Å²) in [6.07, 6.45) is 3.12. The molecule has 0 aliphatic heterocycles. The fourth-order valence-electron chi connectivity index (χ4n) is 2.72. The van der Waals surface area contributed by atoms with Gasteiger partial charge >= 0.3 is 0 Å². The van der Waals surface area contributed by atoms with E-state index in [4.69, 9.17) is 4.74 Å². The van der Waals surface area contributed by atoms with Crippen LogP contribution in [-0.2, 0) is 4.79 Å². The van der Waals surface area contributed by atoms with E-state index in [1.54, 1.807) is 47.2 Å². The lowest BCUT2D eigenvalue weighted by molar-refractivity contribution is -0.134. The number of hydrogen-bond donors (Lipinski definition) is 0. The molecule has 0 saturated carbocycles. The first kappa shape index (κ1) is 19.3. The maximum absolute atomic E-state index is 12.5. The van der Waals surface area contributed by atoms with Crippen LogP contribution >= 0.6 is 0 Å². The Hall–Kier alpha value is -3.48. The van der Waals surface area contributed by atoms with E-state index in [-0.39, 0.29) is 24.3 Å². The molecule has 144 valence electrons. The third kappa shape index (κ3) is 4.43. The smallest absolute Gasteiger partial charge is 0.260 e. The minimum absolute atomic E-state index is 0.00831. The van der Waals surface area contributed by atoms with Gasteiger partial charge in [0.2, 0.25) is 0 Å². The van der Waals surface area contributed by atoms with Crippen LogP contribution in [-0.4, -0.2) is 45.0 Å². The number of Topliss-reactive ketones (excluding diaryl/α,β-unsaturated/α-hetero) is 1. The Morgan fingerprint density at radius 3 is 2.36 bits per heavy atom. The molecule has 0 unspecified atom stereocenters. The Balaban J connectivity index is 1.58. The molecule has 1 atom stereocenters. The number of rotatable bonds is 7. The van der Waals surface area contributed by atoms with Gasteiger partial charge in [0, 0.05) is 12.6 Å². The highest BCUT2D eigenvalue weighted by molar-refractivity contribution is 5.94. The van der Waals surface area contributed by atoms with Crippen molar-refractivity contribution in [3.8, 4) is 11.4 Å². The van der Waals surface area contributed by atoms with Crippen LogP contribution in [0.1, 0.15) is 35.8 Å². The van der Waals surface area contributed by atoms with Crippen molar-refractivity contribution in [3.05, 3.63) is 72.3 Å². The topological polar surface area (TPSA) is 77.3 Å². The molecule has 1 amide bonds. The van der Waals surface area contributed by atoms with E-state index in [2.05, 4.69) is 10.1 Å². The predicted molar refractivity (Wildman–Crippen MR) is 104 cm³/mol. The molecule has 0 fully saturated rings. The molecular weight excluding hydrogens is 356 g/mol. The Labute approximate surface area is 163 Å².